The predicted octanol–water partition coefficient (Wildman–Crippen LogP) is -0.0898. The summed E-state index contributed by atoms with van der Waals surface area (Å²) in [6.45, 7) is 0. The number of rotatable bonds is 3. The van der Waals surface area contributed by atoms with Crippen LogP contribution in [0.3, 0.4) is 0 Å². The second-order valence-electron chi connectivity index (χ2n) is 2.54. The van der Waals surface area contributed by atoms with Crippen molar-refractivity contribution in [2.24, 2.45) is 0 Å². The van der Waals surface area contributed by atoms with Crippen LogP contribution in [0.25, 0.3) is 0 Å². The zero-order valence-electron chi connectivity index (χ0n) is 6.89. The summed E-state index contributed by atoms with van der Waals surface area (Å²) in [5.74, 6) is -1.12. The van der Waals surface area contributed by atoms with Crippen molar-refractivity contribution in [2.45, 2.75) is 6.42 Å². The van der Waals surface area contributed by atoms with E-state index in [-0.39, 0.29) is 12.1 Å². The van der Waals surface area contributed by atoms with Crippen molar-refractivity contribution in [3.05, 3.63) is 38.3 Å². The summed E-state index contributed by atoms with van der Waals surface area (Å²) in [5, 5.41) is 18.6. The van der Waals surface area contributed by atoms with E-state index in [4.69, 9.17) is 5.11 Å². The fourth-order valence-corrected chi connectivity index (χ4v) is 0.914. The molecule has 0 spiro atoms. The van der Waals surface area contributed by atoms with Crippen LogP contribution in [-0.4, -0.2) is 21.0 Å². The first kappa shape index (κ1) is 9.90. The van der Waals surface area contributed by atoms with Gasteiger partial charge in [0.05, 0.1) is 17.5 Å². The minimum absolute atomic E-state index is 0.133. The van der Waals surface area contributed by atoms with Crippen molar-refractivity contribution in [1.82, 2.24) is 4.98 Å². The highest BCUT2D eigenvalue weighted by atomic mass is 16.6. The highest BCUT2D eigenvalue weighted by Gasteiger charge is 2.12. The van der Waals surface area contributed by atoms with Gasteiger partial charge in [0.1, 0.15) is 0 Å². The Labute approximate surface area is 77.2 Å². The molecule has 0 aromatic carbocycles. The first-order valence-corrected chi connectivity index (χ1v) is 3.58. The average Bonchev–Trinajstić information content (AvgIpc) is 2.01. The molecule has 0 saturated carbocycles. The second kappa shape index (κ2) is 3.69. The van der Waals surface area contributed by atoms with E-state index in [0.717, 1.165) is 12.3 Å². The number of aromatic amines is 1. The Balaban J connectivity index is 3.07. The van der Waals surface area contributed by atoms with Gasteiger partial charge in [-0.05, 0) is 0 Å². The molecule has 0 atom stereocenters. The van der Waals surface area contributed by atoms with Gasteiger partial charge >= 0.3 is 11.7 Å². The largest absolute Gasteiger partial charge is 0.481 e. The molecule has 1 rings (SSSR count). The number of hydrogen-bond donors (Lipinski definition) is 2. The molecule has 7 nitrogen and oxygen atoms in total. The zero-order chi connectivity index (χ0) is 10.7. The third-order valence-electron chi connectivity index (χ3n) is 1.49. The molecule has 1 aromatic heterocycles. The molecule has 0 radical (unpaired) electrons. The number of nitro groups is 1. The SMILES string of the molecule is O=C(O)Cc1cc(=O)c([N+](=O)[O-])c[nH]1. The summed E-state index contributed by atoms with van der Waals surface area (Å²) >= 11 is 0. The van der Waals surface area contributed by atoms with Crippen molar-refractivity contribution < 1.29 is 14.8 Å². The molecule has 0 saturated heterocycles. The predicted molar refractivity (Wildman–Crippen MR) is 45.1 cm³/mol. The molecular formula is C7H6N2O5. The molecule has 1 aromatic rings. The van der Waals surface area contributed by atoms with Crippen molar-refractivity contribution in [3.8, 4) is 0 Å². The van der Waals surface area contributed by atoms with E-state index in [9.17, 15) is 19.7 Å². The summed E-state index contributed by atoms with van der Waals surface area (Å²) in [5.41, 5.74) is -1.27. The molecule has 0 amide bonds. The van der Waals surface area contributed by atoms with Gasteiger partial charge in [0, 0.05) is 11.8 Å². The maximum atomic E-state index is 11.0. The number of aliphatic carboxylic acids is 1. The molecule has 0 aliphatic heterocycles. The van der Waals surface area contributed by atoms with Crippen molar-refractivity contribution in [3.63, 3.8) is 0 Å². The van der Waals surface area contributed by atoms with Crippen molar-refractivity contribution in [2.75, 3.05) is 0 Å². The van der Waals surface area contributed by atoms with Crippen molar-refractivity contribution in [1.29, 1.82) is 0 Å². The van der Waals surface area contributed by atoms with E-state index in [1.165, 1.54) is 0 Å². The lowest BCUT2D eigenvalue weighted by molar-refractivity contribution is -0.386. The van der Waals surface area contributed by atoms with Gasteiger partial charge in [0.2, 0.25) is 0 Å². The summed E-state index contributed by atoms with van der Waals surface area (Å²) < 4.78 is 0. The van der Waals surface area contributed by atoms with E-state index >= 15 is 0 Å². The summed E-state index contributed by atoms with van der Waals surface area (Å²) in [4.78, 5) is 33.0. The molecule has 2 N–H and O–H groups in total. The minimum Gasteiger partial charge on any atom is -0.481 e. The lowest BCUT2D eigenvalue weighted by Gasteiger charge is -1.95. The Morgan fingerprint density at radius 1 is 1.64 bits per heavy atom. The maximum Gasteiger partial charge on any atom is 0.332 e. The van der Waals surface area contributed by atoms with Gasteiger partial charge in [-0.3, -0.25) is 19.7 Å². The van der Waals surface area contributed by atoms with E-state index in [1.54, 1.807) is 0 Å². The lowest BCUT2D eigenvalue weighted by Crippen LogP contribution is -2.11. The Bertz CT molecular complexity index is 436. The second-order valence-corrected chi connectivity index (χ2v) is 2.54. The van der Waals surface area contributed by atoms with Crippen molar-refractivity contribution >= 4 is 11.7 Å². The fraction of sp³-hybridized carbons (Fsp3) is 0.143. The molecule has 0 aliphatic carbocycles. The number of carboxylic acids is 1. The lowest BCUT2D eigenvalue weighted by atomic mass is 10.2. The van der Waals surface area contributed by atoms with Crippen LogP contribution in [-0.2, 0) is 11.2 Å². The quantitative estimate of drug-likeness (QED) is 0.520. The molecule has 0 bridgehead atoms. The molecule has 0 aliphatic rings. The van der Waals surface area contributed by atoms with Gasteiger partial charge in [0.15, 0.2) is 0 Å². The standard InChI is InChI=1S/C7H6N2O5/c10-6-1-4(2-7(11)12)8-3-5(6)9(13)14/h1,3H,2H2,(H,8,10)(H,11,12). The third kappa shape index (κ3) is 2.16. The topological polar surface area (TPSA) is 113 Å². The molecular weight excluding hydrogens is 192 g/mol. The Kier molecular flexibility index (Phi) is 2.61. The van der Waals surface area contributed by atoms with Crippen LogP contribution in [0.1, 0.15) is 5.69 Å². The molecule has 0 fully saturated rings. The normalized spacial score (nSPS) is 9.71. The van der Waals surface area contributed by atoms with E-state index < -0.39 is 22.0 Å². The molecule has 14 heavy (non-hydrogen) atoms. The number of nitrogens with zero attached hydrogens (tertiary/aromatic N) is 1. The van der Waals surface area contributed by atoms with Crippen LogP contribution >= 0.6 is 0 Å². The minimum atomic E-state index is -1.12. The number of H-pyrrole nitrogens is 1. The molecule has 7 heteroatoms. The number of pyridine rings is 1. The monoisotopic (exact) mass is 198 g/mol. The fourth-order valence-electron chi connectivity index (χ4n) is 0.914. The Morgan fingerprint density at radius 2 is 2.29 bits per heavy atom. The van der Waals surface area contributed by atoms with Gasteiger partial charge in [-0.1, -0.05) is 0 Å². The summed E-state index contributed by atoms with van der Waals surface area (Å²) in [7, 11) is 0. The first-order valence-electron chi connectivity index (χ1n) is 3.58. The maximum absolute atomic E-state index is 11.0. The van der Waals surface area contributed by atoms with Crippen LogP contribution in [0.15, 0.2) is 17.1 Å². The molecule has 1 heterocycles. The molecule has 0 unspecified atom stereocenters. The van der Waals surface area contributed by atoms with Gasteiger partial charge in [-0.15, -0.1) is 0 Å². The van der Waals surface area contributed by atoms with Gasteiger partial charge < -0.3 is 10.1 Å². The van der Waals surface area contributed by atoms with Gasteiger partial charge in [0.25, 0.3) is 5.43 Å². The van der Waals surface area contributed by atoms with Crippen LogP contribution in [0.4, 0.5) is 5.69 Å². The van der Waals surface area contributed by atoms with E-state index in [0.29, 0.717) is 0 Å². The molecule has 74 valence electrons. The number of aromatic nitrogens is 1. The zero-order valence-corrected chi connectivity index (χ0v) is 6.89. The van der Waals surface area contributed by atoms with Crippen LogP contribution in [0, 0.1) is 10.1 Å². The van der Waals surface area contributed by atoms with Crippen LogP contribution in [0.2, 0.25) is 0 Å². The van der Waals surface area contributed by atoms with Crippen LogP contribution < -0.4 is 5.43 Å². The first-order chi connectivity index (χ1) is 6.50. The Morgan fingerprint density at radius 3 is 2.71 bits per heavy atom. The summed E-state index contributed by atoms with van der Waals surface area (Å²) in [6.07, 6.45) is 0.522. The average molecular weight is 198 g/mol. The number of hydrogen-bond acceptors (Lipinski definition) is 4. The summed E-state index contributed by atoms with van der Waals surface area (Å²) in [6, 6.07) is 0.909. The highest BCUT2D eigenvalue weighted by Crippen LogP contribution is 2.02. The van der Waals surface area contributed by atoms with E-state index in [1.807, 2.05) is 0 Å². The highest BCUT2D eigenvalue weighted by molar-refractivity contribution is 5.69. The number of carbonyl (C=O) groups is 1. The van der Waals surface area contributed by atoms with Crippen LogP contribution in [0.5, 0.6) is 0 Å². The van der Waals surface area contributed by atoms with E-state index in [2.05, 4.69) is 4.98 Å². The number of carboxylic acid groups (broad SMARTS) is 1. The Hall–Kier alpha value is -2.18. The number of nitrogens with one attached hydrogen (secondary N) is 1. The smallest absolute Gasteiger partial charge is 0.332 e. The van der Waals surface area contributed by atoms with Gasteiger partial charge in [-0.2, -0.15) is 0 Å². The van der Waals surface area contributed by atoms with Gasteiger partial charge in [-0.25, -0.2) is 0 Å². The third-order valence-corrected chi connectivity index (χ3v) is 1.49.